The molecule has 2 aromatic rings. The van der Waals surface area contributed by atoms with Gasteiger partial charge in [-0.1, -0.05) is 12.1 Å². The molecule has 1 aromatic heterocycles. The molecule has 0 unspecified atom stereocenters. The maximum absolute atomic E-state index is 13.7. The zero-order valence-corrected chi connectivity index (χ0v) is 11.2. The lowest BCUT2D eigenvalue weighted by molar-refractivity contribution is 0.608. The molecule has 0 saturated carbocycles. The third-order valence-corrected chi connectivity index (χ3v) is 3.81. The lowest BCUT2D eigenvalue weighted by Gasteiger charge is -2.25. The van der Waals surface area contributed by atoms with Crippen LogP contribution in [0.15, 0.2) is 35.7 Å². The molecule has 2 rings (SSSR count). The molecular formula is C14H17FN2S. The summed E-state index contributed by atoms with van der Waals surface area (Å²) in [5.74, 6) is -0.223. The van der Waals surface area contributed by atoms with Crippen LogP contribution >= 0.6 is 11.3 Å². The van der Waals surface area contributed by atoms with Gasteiger partial charge < -0.3 is 10.6 Å². The van der Waals surface area contributed by atoms with Crippen molar-refractivity contribution in [1.82, 2.24) is 0 Å². The van der Waals surface area contributed by atoms with Gasteiger partial charge in [0.2, 0.25) is 0 Å². The normalized spacial score (nSPS) is 10.6. The molecule has 0 radical (unpaired) electrons. The molecule has 0 aliphatic rings. The summed E-state index contributed by atoms with van der Waals surface area (Å²) in [6.07, 6.45) is 0. The first-order valence-corrected chi connectivity index (χ1v) is 6.89. The maximum atomic E-state index is 13.7. The fourth-order valence-electron chi connectivity index (χ4n) is 2.00. The Morgan fingerprint density at radius 1 is 1.28 bits per heavy atom. The molecule has 4 heteroatoms. The van der Waals surface area contributed by atoms with Crippen molar-refractivity contribution in [2.75, 3.05) is 11.4 Å². The lowest BCUT2D eigenvalue weighted by atomic mass is 10.1. The van der Waals surface area contributed by atoms with Crippen LogP contribution < -0.4 is 10.6 Å². The first-order chi connectivity index (χ1) is 8.76. The number of benzene rings is 1. The van der Waals surface area contributed by atoms with Gasteiger partial charge >= 0.3 is 0 Å². The van der Waals surface area contributed by atoms with Gasteiger partial charge in [-0.3, -0.25) is 0 Å². The van der Waals surface area contributed by atoms with E-state index in [1.165, 1.54) is 10.9 Å². The Morgan fingerprint density at radius 2 is 2.11 bits per heavy atom. The van der Waals surface area contributed by atoms with Crippen molar-refractivity contribution in [3.8, 4) is 0 Å². The van der Waals surface area contributed by atoms with Crippen LogP contribution in [0.4, 0.5) is 10.1 Å². The maximum Gasteiger partial charge on any atom is 0.129 e. The lowest BCUT2D eigenvalue weighted by Crippen LogP contribution is -2.23. The van der Waals surface area contributed by atoms with Crippen molar-refractivity contribution in [1.29, 1.82) is 0 Å². The fourth-order valence-corrected chi connectivity index (χ4v) is 2.72. The topological polar surface area (TPSA) is 29.3 Å². The van der Waals surface area contributed by atoms with Crippen molar-refractivity contribution in [2.45, 2.75) is 20.0 Å². The second kappa shape index (κ2) is 5.98. The number of nitrogens with zero attached hydrogens (tertiary/aromatic N) is 1. The van der Waals surface area contributed by atoms with Crippen LogP contribution in [-0.4, -0.2) is 6.54 Å². The molecule has 0 amide bonds. The minimum atomic E-state index is -0.223. The number of halogens is 1. The van der Waals surface area contributed by atoms with Crippen LogP contribution in [0.5, 0.6) is 0 Å². The number of rotatable bonds is 5. The Morgan fingerprint density at radius 3 is 2.72 bits per heavy atom. The Labute approximate surface area is 111 Å². The Balaban J connectivity index is 2.30. The van der Waals surface area contributed by atoms with E-state index >= 15 is 0 Å². The summed E-state index contributed by atoms with van der Waals surface area (Å²) >= 11 is 1.71. The highest BCUT2D eigenvalue weighted by Gasteiger charge is 2.13. The highest BCUT2D eigenvalue weighted by atomic mass is 32.1. The molecular weight excluding hydrogens is 247 g/mol. The quantitative estimate of drug-likeness (QED) is 0.897. The SMILES string of the molecule is CCN(Cc1cccs1)c1cccc(F)c1CN. The minimum absolute atomic E-state index is 0.223. The molecule has 0 aliphatic carbocycles. The van der Waals surface area contributed by atoms with Gasteiger partial charge in [-0.25, -0.2) is 4.39 Å². The Bertz CT molecular complexity index is 497. The predicted octanol–water partition coefficient (Wildman–Crippen LogP) is 3.37. The standard InChI is InChI=1S/C14H17FN2S/c1-2-17(10-11-5-4-8-18-11)14-7-3-6-13(15)12(14)9-16/h3-8H,2,9-10,16H2,1H3. The number of nitrogens with two attached hydrogens (primary N) is 1. The van der Waals surface area contributed by atoms with Crippen LogP contribution in [0.2, 0.25) is 0 Å². The molecule has 0 aliphatic heterocycles. The smallest absolute Gasteiger partial charge is 0.129 e. The zero-order valence-electron chi connectivity index (χ0n) is 10.4. The van der Waals surface area contributed by atoms with Gasteiger partial charge in [0.1, 0.15) is 5.82 Å². The molecule has 18 heavy (non-hydrogen) atoms. The van der Waals surface area contributed by atoms with Crippen molar-refractivity contribution >= 4 is 17.0 Å². The Kier molecular flexibility index (Phi) is 4.33. The summed E-state index contributed by atoms with van der Waals surface area (Å²) in [7, 11) is 0. The molecule has 1 heterocycles. The molecule has 1 aromatic carbocycles. The first-order valence-electron chi connectivity index (χ1n) is 6.01. The van der Waals surface area contributed by atoms with Crippen LogP contribution in [0.25, 0.3) is 0 Å². The second-order valence-corrected chi connectivity index (χ2v) is 5.07. The second-order valence-electron chi connectivity index (χ2n) is 4.04. The summed E-state index contributed by atoms with van der Waals surface area (Å²) in [4.78, 5) is 3.42. The fraction of sp³-hybridized carbons (Fsp3) is 0.286. The minimum Gasteiger partial charge on any atom is -0.366 e. The number of anilines is 1. The van der Waals surface area contributed by atoms with Crippen molar-refractivity contribution in [2.24, 2.45) is 5.73 Å². The van der Waals surface area contributed by atoms with E-state index in [0.29, 0.717) is 5.56 Å². The third-order valence-electron chi connectivity index (χ3n) is 2.95. The number of hydrogen-bond acceptors (Lipinski definition) is 3. The molecule has 0 atom stereocenters. The monoisotopic (exact) mass is 264 g/mol. The van der Waals surface area contributed by atoms with E-state index in [9.17, 15) is 4.39 Å². The average Bonchev–Trinajstić information content (AvgIpc) is 2.88. The van der Waals surface area contributed by atoms with Gasteiger partial charge in [-0.05, 0) is 30.5 Å². The molecule has 96 valence electrons. The molecule has 2 nitrogen and oxygen atoms in total. The predicted molar refractivity (Wildman–Crippen MR) is 75.3 cm³/mol. The van der Waals surface area contributed by atoms with Crippen LogP contribution in [0.3, 0.4) is 0 Å². The van der Waals surface area contributed by atoms with Crippen molar-refractivity contribution in [3.05, 3.63) is 52.0 Å². The van der Waals surface area contributed by atoms with Crippen LogP contribution in [0, 0.1) is 5.82 Å². The highest BCUT2D eigenvalue weighted by Crippen LogP contribution is 2.25. The van der Waals surface area contributed by atoms with Gasteiger partial charge in [0.15, 0.2) is 0 Å². The van der Waals surface area contributed by atoms with E-state index in [-0.39, 0.29) is 12.4 Å². The molecule has 2 N–H and O–H groups in total. The van der Waals surface area contributed by atoms with Gasteiger partial charge in [-0.2, -0.15) is 0 Å². The summed E-state index contributed by atoms with van der Waals surface area (Å²) < 4.78 is 13.7. The molecule has 0 saturated heterocycles. The van der Waals surface area contributed by atoms with E-state index in [4.69, 9.17) is 5.73 Å². The van der Waals surface area contributed by atoms with Gasteiger partial charge in [0, 0.05) is 29.2 Å². The number of thiophene rings is 1. The molecule has 0 fully saturated rings. The van der Waals surface area contributed by atoms with Gasteiger partial charge in [0.25, 0.3) is 0 Å². The van der Waals surface area contributed by atoms with Crippen molar-refractivity contribution < 1.29 is 4.39 Å². The van der Waals surface area contributed by atoms with E-state index in [1.54, 1.807) is 17.4 Å². The number of hydrogen-bond donors (Lipinski definition) is 1. The third kappa shape index (κ3) is 2.71. The van der Waals surface area contributed by atoms with E-state index in [0.717, 1.165) is 18.8 Å². The summed E-state index contributed by atoms with van der Waals surface area (Å²) in [6.45, 7) is 3.92. The van der Waals surface area contributed by atoms with Crippen molar-refractivity contribution in [3.63, 3.8) is 0 Å². The summed E-state index contributed by atoms with van der Waals surface area (Å²) in [5, 5.41) is 2.05. The zero-order chi connectivity index (χ0) is 13.0. The summed E-state index contributed by atoms with van der Waals surface area (Å²) in [5.41, 5.74) is 7.14. The molecule has 0 spiro atoms. The van der Waals surface area contributed by atoms with E-state index < -0.39 is 0 Å². The van der Waals surface area contributed by atoms with Crippen LogP contribution in [-0.2, 0) is 13.1 Å². The van der Waals surface area contributed by atoms with E-state index in [1.807, 2.05) is 12.1 Å². The van der Waals surface area contributed by atoms with Crippen LogP contribution in [0.1, 0.15) is 17.4 Å². The Hall–Kier alpha value is -1.39. The molecule has 0 bridgehead atoms. The van der Waals surface area contributed by atoms with Gasteiger partial charge in [0.05, 0.1) is 6.54 Å². The first kappa shape index (κ1) is 13.1. The van der Waals surface area contributed by atoms with E-state index in [2.05, 4.69) is 23.3 Å². The highest BCUT2D eigenvalue weighted by molar-refractivity contribution is 7.09. The van der Waals surface area contributed by atoms with Gasteiger partial charge in [-0.15, -0.1) is 11.3 Å². The average molecular weight is 264 g/mol. The summed E-state index contributed by atoms with van der Waals surface area (Å²) in [6, 6.07) is 9.26. The largest absolute Gasteiger partial charge is 0.366 e.